The number of hydrogen-bond acceptors (Lipinski definition) is 2. The topological polar surface area (TPSA) is 66.9 Å². The molecule has 0 radical (unpaired) electrons. The molecule has 2 rings (SSSR count). The van der Waals surface area contributed by atoms with E-state index in [0.717, 1.165) is 42.4 Å². The van der Waals surface area contributed by atoms with Gasteiger partial charge in [-0.25, -0.2) is 0 Å². The minimum Gasteiger partial charge on any atom is -0.387 e. The first-order valence-electron chi connectivity index (χ1n) is 9.59. The Bertz CT molecular complexity index is 794. The molecule has 0 fully saturated rings. The Kier molecular flexibility index (Phi) is 6.73. The largest absolute Gasteiger partial charge is 0.387 e. The van der Waals surface area contributed by atoms with Crippen molar-refractivity contribution in [1.82, 2.24) is 0 Å². The molecule has 0 aliphatic rings. The van der Waals surface area contributed by atoms with Gasteiger partial charge in [-0.2, -0.15) is 0 Å². The van der Waals surface area contributed by atoms with Crippen LogP contribution in [-0.4, -0.2) is 11.6 Å². The number of amidine groups is 1. The van der Waals surface area contributed by atoms with Crippen LogP contribution < -0.4 is 5.73 Å². The zero-order chi connectivity index (χ0) is 19.3. The lowest BCUT2D eigenvalue weighted by Gasteiger charge is -2.22. The number of carbonyl (C=O) groups excluding carboxylic acids is 1. The molecule has 0 bridgehead atoms. The maximum Gasteiger partial charge on any atom is 0.178 e. The predicted molar refractivity (Wildman–Crippen MR) is 109 cm³/mol. The molecule has 0 heterocycles. The van der Waals surface area contributed by atoms with Crippen LogP contribution >= 0.6 is 0 Å². The second kappa shape index (κ2) is 8.79. The van der Waals surface area contributed by atoms with Gasteiger partial charge in [0.05, 0.1) is 0 Å². The molecule has 3 N–H and O–H groups in total. The Labute approximate surface area is 157 Å². The van der Waals surface area contributed by atoms with E-state index in [0.29, 0.717) is 0 Å². The van der Waals surface area contributed by atoms with Crippen LogP contribution in [0.5, 0.6) is 0 Å². The number of carbonyl (C=O) groups is 1. The van der Waals surface area contributed by atoms with Crippen LogP contribution in [-0.2, 0) is 25.7 Å². The molecule has 26 heavy (non-hydrogen) atoms. The van der Waals surface area contributed by atoms with Crippen LogP contribution in [0.4, 0.5) is 0 Å². The minimum absolute atomic E-state index is 0.0624. The molecule has 1 unspecified atom stereocenters. The summed E-state index contributed by atoms with van der Waals surface area (Å²) in [5.74, 6) is -0.880. The molecule has 0 aliphatic heterocycles. The smallest absolute Gasteiger partial charge is 0.178 e. The normalized spacial score (nSPS) is 12.0. The van der Waals surface area contributed by atoms with E-state index in [9.17, 15) is 4.79 Å². The summed E-state index contributed by atoms with van der Waals surface area (Å²) in [7, 11) is 0. The fourth-order valence-electron chi connectivity index (χ4n) is 3.97. The fourth-order valence-corrected chi connectivity index (χ4v) is 3.97. The number of benzene rings is 2. The Balaban J connectivity index is 2.69. The van der Waals surface area contributed by atoms with Gasteiger partial charge >= 0.3 is 0 Å². The molecule has 2 aromatic rings. The van der Waals surface area contributed by atoms with Crippen LogP contribution in [0.2, 0.25) is 0 Å². The molecule has 3 nitrogen and oxygen atoms in total. The average Bonchev–Trinajstić information content (AvgIpc) is 2.66. The lowest BCUT2D eigenvalue weighted by atomic mass is 9.81. The molecule has 0 saturated carbocycles. The molecule has 3 heteroatoms. The van der Waals surface area contributed by atoms with Gasteiger partial charge in [0.2, 0.25) is 0 Å². The second-order valence-corrected chi connectivity index (χ2v) is 6.60. The van der Waals surface area contributed by atoms with Crippen molar-refractivity contribution in [2.24, 2.45) is 5.73 Å². The highest BCUT2D eigenvalue weighted by molar-refractivity contribution is 6.15. The first-order valence-corrected chi connectivity index (χ1v) is 9.59. The van der Waals surface area contributed by atoms with Gasteiger partial charge in [-0.05, 0) is 59.6 Å². The van der Waals surface area contributed by atoms with E-state index < -0.39 is 5.92 Å². The van der Waals surface area contributed by atoms with Gasteiger partial charge < -0.3 is 5.73 Å². The van der Waals surface area contributed by atoms with Crippen LogP contribution in [0.15, 0.2) is 36.4 Å². The number of Topliss-reactive ketones (excluding diaryl/α,β-unsaturated/α-hetero) is 1. The third-order valence-corrected chi connectivity index (χ3v) is 5.17. The van der Waals surface area contributed by atoms with Gasteiger partial charge in [0, 0.05) is 5.56 Å². The van der Waals surface area contributed by atoms with E-state index in [1.54, 1.807) is 0 Å². The highest BCUT2D eigenvalue weighted by Crippen LogP contribution is 2.30. The van der Waals surface area contributed by atoms with E-state index in [1.807, 2.05) is 30.3 Å². The number of hydrogen-bond donors (Lipinski definition) is 2. The molecule has 0 saturated heterocycles. The number of nitrogens with two attached hydrogens (primary N) is 1. The van der Waals surface area contributed by atoms with E-state index in [2.05, 4.69) is 33.8 Å². The maximum atomic E-state index is 13.5. The predicted octanol–water partition coefficient (Wildman–Crippen LogP) is 4.84. The number of nitrogens with one attached hydrogen (secondary N) is 1. The van der Waals surface area contributed by atoms with Crippen molar-refractivity contribution in [1.29, 1.82) is 5.41 Å². The van der Waals surface area contributed by atoms with Gasteiger partial charge in [0.15, 0.2) is 5.78 Å². The van der Waals surface area contributed by atoms with Crippen molar-refractivity contribution in [3.05, 3.63) is 69.8 Å². The van der Waals surface area contributed by atoms with E-state index in [-0.39, 0.29) is 11.6 Å². The summed E-state index contributed by atoms with van der Waals surface area (Å²) in [6.07, 6.45) is 3.59. The second-order valence-electron chi connectivity index (χ2n) is 6.60. The molecule has 2 aromatic carbocycles. The van der Waals surface area contributed by atoms with E-state index in [1.165, 1.54) is 16.7 Å². The molecule has 1 atom stereocenters. The van der Waals surface area contributed by atoms with Gasteiger partial charge in [-0.15, -0.1) is 0 Å². The van der Waals surface area contributed by atoms with Gasteiger partial charge in [0.1, 0.15) is 11.8 Å². The summed E-state index contributed by atoms with van der Waals surface area (Å²) in [6.45, 7) is 8.56. The highest BCUT2D eigenvalue weighted by Gasteiger charge is 2.28. The first-order chi connectivity index (χ1) is 12.5. The van der Waals surface area contributed by atoms with Crippen molar-refractivity contribution >= 4 is 11.6 Å². The summed E-state index contributed by atoms with van der Waals surface area (Å²) in [4.78, 5) is 13.5. The average molecular weight is 351 g/mol. The third kappa shape index (κ3) is 3.72. The van der Waals surface area contributed by atoms with Crippen molar-refractivity contribution < 1.29 is 4.79 Å². The van der Waals surface area contributed by atoms with Crippen molar-refractivity contribution in [2.75, 3.05) is 0 Å². The number of ketones is 1. The summed E-state index contributed by atoms with van der Waals surface area (Å²) < 4.78 is 0. The lowest BCUT2D eigenvalue weighted by Crippen LogP contribution is -2.29. The highest BCUT2D eigenvalue weighted by atomic mass is 16.1. The van der Waals surface area contributed by atoms with Crippen LogP contribution in [0, 0.1) is 5.41 Å². The van der Waals surface area contributed by atoms with Gasteiger partial charge in [-0.1, -0.05) is 58.0 Å². The Morgan fingerprint density at radius 2 is 1.50 bits per heavy atom. The monoisotopic (exact) mass is 350 g/mol. The lowest BCUT2D eigenvalue weighted by molar-refractivity contribution is 0.0981. The van der Waals surface area contributed by atoms with Crippen molar-refractivity contribution in [3.8, 4) is 0 Å². The molecule has 138 valence electrons. The van der Waals surface area contributed by atoms with E-state index in [4.69, 9.17) is 11.1 Å². The Hall–Kier alpha value is -2.42. The summed E-state index contributed by atoms with van der Waals surface area (Å²) in [5, 5.41) is 8.03. The number of aryl methyl sites for hydroxylation is 1. The quantitative estimate of drug-likeness (QED) is 0.406. The molecule has 0 amide bonds. The van der Waals surface area contributed by atoms with Crippen molar-refractivity contribution in [3.63, 3.8) is 0 Å². The van der Waals surface area contributed by atoms with Crippen LogP contribution in [0.1, 0.15) is 71.8 Å². The molecule has 0 spiro atoms. The molecular formula is C23H30N2O. The summed E-state index contributed by atoms with van der Waals surface area (Å²) in [5.41, 5.74) is 12.4. The van der Waals surface area contributed by atoms with Crippen LogP contribution in [0.3, 0.4) is 0 Å². The SMILES string of the molecule is CCc1cc(C(=O)C(C(=N)N)c2ccccc2)c(CC)c(CC)c1CC. The molecule has 0 aliphatic carbocycles. The summed E-state index contributed by atoms with van der Waals surface area (Å²) >= 11 is 0. The summed E-state index contributed by atoms with van der Waals surface area (Å²) in [6, 6.07) is 11.5. The standard InChI is InChI=1S/C23H30N2O/c1-5-15-14-20(19(8-4)18(7-3)17(15)6-2)22(26)21(23(24)25)16-12-10-9-11-13-16/h9-14,21H,5-8H2,1-4H3,(H3,24,25). The zero-order valence-corrected chi connectivity index (χ0v) is 16.4. The zero-order valence-electron chi connectivity index (χ0n) is 16.4. The number of rotatable bonds is 8. The maximum absolute atomic E-state index is 13.5. The Morgan fingerprint density at radius 1 is 0.923 bits per heavy atom. The third-order valence-electron chi connectivity index (χ3n) is 5.17. The minimum atomic E-state index is -0.719. The fraction of sp³-hybridized carbons (Fsp3) is 0.391. The van der Waals surface area contributed by atoms with Crippen LogP contribution in [0.25, 0.3) is 0 Å². The first kappa shape index (κ1) is 19.9. The molecular weight excluding hydrogens is 320 g/mol. The van der Waals surface area contributed by atoms with E-state index >= 15 is 0 Å². The van der Waals surface area contributed by atoms with Crippen molar-refractivity contribution in [2.45, 2.75) is 59.3 Å². The van der Waals surface area contributed by atoms with Gasteiger partial charge in [-0.3, -0.25) is 10.2 Å². The van der Waals surface area contributed by atoms with Gasteiger partial charge in [0.25, 0.3) is 0 Å². The molecule has 0 aromatic heterocycles. The Morgan fingerprint density at radius 3 is 1.96 bits per heavy atom.